The highest BCUT2D eigenvalue weighted by Crippen LogP contribution is 2.27. The Morgan fingerprint density at radius 2 is 1.85 bits per heavy atom. The number of amides is 1. The summed E-state index contributed by atoms with van der Waals surface area (Å²) in [5, 5.41) is 0. The highest BCUT2D eigenvalue weighted by atomic mass is 16.5. The number of esters is 1. The summed E-state index contributed by atoms with van der Waals surface area (Å²) in [6, 6.07) is 5.43. The first-order valence-electron chi connectivity index (χ1n) is 8.75. The summed E-state index contributed by atoms with van der Waals surface area (Å²) < 4.78 is 15.4. The molecular formula is C20H29NO5. The quantitative estimate of drug-likeness (QED) is 0.472. The molecule has 0 atom stereocenters. The van der Waals surface area contributed by atoms with E-state index < -0.39 is 0 Å². The Labute approximate surface area is 155 Å². The third kappa shape index (κ3) is 7.17. The molecular weight excluding hydrogens is 334 g/mol. The Morgan fingerprint density at radius 1 is 1.15 bits per heavy atom. The minimum absolute atomic E-state index is 0.141. The summed E-state index contributed by atoms with van der Waals surface area (Å²) in [7, 11) is 3.14. The van der Waals surface area contributed by atoms with E-state index >= 15 is 0 Å². The SMILES string of the molecule is CCOC(=O)CCN(CC(C)C)C(=O)/C=C/c1ccc(OC)c(OC)c1. The van der Waals surface area contributed by atoms with Gasteiger partial charge in [0.05, 0.1) is 27.2 Å². The van der Waals surface area contributed by atoms with Gasteiger partial charge in [-0.3, -0.25) is 9.59 Å². The van der Waals surface area contributed by atoms with Gasteiger partial charge in [0.1, 0.15) is 0 Å². The Hall–Kier alpha value is -2.50. The molecule has 6 heteroatoms. The molecule has 1 aromatic carbocycles. The van der Waals surface area contributed by atoms with E-state index in [-0.39, 0.29) is 18.3 Å². The molecule has 6 nitrogen and oxygen atoms in total. The predicted molar refractivity (Wildman–Crippen MR) is 101 cm³/mol. The van der Waals surface area contributed by atoms with Crippen LogP contribution in [0.15, 0.2) is 24.3 Å². The van der Waals surface area contributed by atoms with Crippen LogP contribution in [0, 0.1) is 5.92 Å². The molecule has 0 aromatic heterocycles. The lowest BCUT2D eigenvalue weighted by Crippen LogP contribution is -2.35. The van der Waals surface area contributed by atoms with E-state index in [1.54, 1.807) is 44.3 Å². The third-order valence-corrected chi connectivity index (χ3v) is 3.61. The second-order valence-corrected chi connectivity index (χ2v) is 6.18. The molecule has 0 unspecified atom stereocenters. The number of rotatable bonds is 10. The zero-order chi connectivity index (χ0) is 19.5. The van der Waals surface area contributed by atoms with Crippen molar-refractivity contribution in [3.05, 3.63) is 29.8 Å². The number of benzene rings is 1. The van der Waals surface area contributed by atoms with E-state index in [9.17, 15) is 9.59 Å². The van der Waals surface area contributed by atoms with Crippen molar-refractivity contribution in [3.8, 4) is 11.5 Å². The molecule has 0 aliphatic heterocycles. The fourth-order valence-electron chi connectivity index (χ4n) is 2.42. The van der Waals surface area contributed by atoms with Crippen molar-refractivity contribution in [1.82, 2.24) is 4.90 Å². The van der Waals surface area contributed by atoms with Gasteiger partial charge in [0.15, 0.2) is 11.5 Å². The summed E-state index contributed by atoms with van der Waals surface area (Å²) in [6.07, 6.45) is 3.42. The van der Waals surface area contributed by atoms with E-state index in [0.29, 0.717) is 37.1 Å². The van der Waals surface area contributed by atoms with Gasteiger partial charge >= 0.3 is 5.97 Å². The Balaban J connectivity index is 2.81. The Kier molecular flexibility index (Phi) is 9.26. The molecule has 1 aromatic rings. The number of ether oxygens (including phenoxy) is 3. The van der Waals surface area contributed by atoms with E-state index in [2.05, 4.69) is 0 Å². The van der Waals surface area contributed by atoms with Gasteiger partial charge < -0.3 is 19.1 Å². The lowest BCUT2D eigenvalue weighted by molar-refractivity contribution is -0.143. The van der Waals surface area contributed by atoms with Gasteiger partial charge in [-0.15, -0.1) is 0 Å². The highest BCUT2D eigenvalue weighted by Gasteiger charge is 2.14. The van der Waals surface area contributed by atoms with Crippen molar-refractivity contribution in [3.63, 3.8) is 0 Å². The zero-order valence-electron chi connectivity index (χ0n) is 16.3. The lowest BCUT2D eigenvalue weighted by Gasteiger charge is -2.23. The number of methoxy groups -OCH3 is 2. The molecule has 0 radical (unpaired) electrons. The molecule has 0 N–H and O–H groups in total. The van der Waals surface area contributed by atoms with Crippen LogP contribution in [0.5, 0.6) is 11.5 Å². The van der Waals surface area contributed by atoms with Crippen LogP contribution in [0.4, 0.5) is 0 Å². The summed E-state index contributed by atoms with van der Waals surface area (Å²) in [5.74, 6) is 1.10. The number of nitrogens with zero attached hydrogens (tertiary/aromatic N) is 1. The van der Waals surface area contributed by atoms with Crippen molar-refractivity contribution in [1.29, 1.82) is 0 Å². The summed E-state index contributed by atoms with van der Waals surface area (Å²) in [6.45, 7) is 7.09. The monoisotopic (exact) mass is 363 g/mol. The normalized spacial score (nSPS) is 10.8. The van der Waals surface area contributed by atoms with Crippen molar-refractivity contribution >= 4 is 18.0 Å². The summed E-state index contributed by atoms with van der Waals surface area (Å²) in [4.78, 5) is 25.8. The molecule has 1 rings (SSSR count). The fourth-order valence-corrected chi connectivity index (χ4v) is 2.42. The molecule has 0 spiro atoms. The van der Waals surface area contributed by atoms with Crippen LogP contribution < -0.4 is 9.47 Å². The molecule has 26 heavy (non-hydrogen) atoms. The lowest BCUT2D eigenvalue weighted by atomic mass is 10.1. The average Bonchev–Trinajstić information content (AvgIpc) is 2.62. The molecule has 1 amide bonds. The molecule has 0 saturated carbocycles. The first-order valence-corrected chi connectivity index (χ1v) is 8.75. The fraction of sp³-hybridized carbons (Fsp3) is 0.500. The van der Waals surface area contributed by atoms with Crippen LogP contribution in [-0.4, -0.2) is 50.7 Å². The second kappa shape index (κ2) is 11.2. The molecule has 0 heterocycles. The molecule has 0 aliphatic carbocycles. The number of hydrogen-bond acceptors (Lipinski definition) is 5. The number of carbonyl (C=O) groups excluding carboxylic acids is 2. The topological polar surface area (TPSA) is 65.1 Å². The molecule has 0 fully saturated rings. The van der Waals surface area contributed by atoms with Gasteiger partial charge in [0, 0.05) is 19.2 Å². The van der Waals surface area contributed by atoms with Gasteiger partial charge in [-0.05, 0) is 36.6 Å². The van der Waals surface area contributed by atoms with Crippen LogP contribution >= 0.6 is 0 Å². The molecule has 144 valence electrons. The van der Waals surface area contributed by atoms with Gasteiger partial charge in [0.2, 0.25) is 5.91 Å². The van der Waals surface area contributed by atoms with E-state index in [1.807, 2.05) is 19.9 Å². The van der Waals surface area contributed by atoms with Crippen LogP contribution in [0.25, 0.3) is 6.08 Å². The highest BCUT2D eigenvalue weighted by molar-refractivity contribution is 5.92. The van der Waals surface area contributed by atoms with Gasteiger partial charge in [-0.2, -0.15) is 0 Å². The van der Waals surface area contributed by atoms with Crippen LogP contribution in [0.1, 0.15) is 32.8 Å². The van der Waals surface area contributed by atoms with Gasteiger partial charge in [-0.1, -0.05) is 19.9 Å². The number of carbonyl (C=O) groups is 2. The summed E-state index contributed by atoms with van der Waals surface area (Å²) >= 11 is 0. The van der Waals surface area contributed by atoms with Crippen molar-refractivity contribution in [2.75, 3.05) is 33.9 Å². The predicted octanol–water partition coefficient (Wildman–Crippen LogP) is 3.15. The smallest absolute Gasteiger partial charge is 0.307 e. The second-order valence-electron chi connectivity index (χ2n) is 6.18. The van der Waals surface area contributed by atoms with Crippen LogP contribution in [-0.2, 0) is 14.3 Å². The largest absolute Gasteiger partial charge is 0.493 e. The van der Waals surface area contributed by atoms with Crippen LogP contribution in [0.2, 0.25) is 0 Å². The maximum atomic E-state index is 12.5. The third-order valence-electron chi connectivity index (χ3n) is 3.61. The zero-order valence-corrected chi connectivity index (χ0v) is 16.3. The first-order chi connectivity index (χ1) is 12.4. The van der Waals surface area contributed by atoms with Crippen molar-refractivity contribution in [2.45, 2.75) is 27.2 Å². The molecule has 0 bridgehead atoms. The Morgan fingerprint density at radius 3 is 2.42 bits per heavy atom. The molecule has 0 saturated heterocycles. The Bertz CT molecular complexity index is 625. The minimum Gasteiger partial charge on any atom is -0.493 e. The molecule has 0 aliphatic rings. The minimum atomic E-state index is -0.294. The van der Waals surface area contributed by atoms with Crippen LogP contribution in [0.3, 0.4) is 0 Å². The van der Waals surface area contributed by atoms with Crippen molar-refractivity contribution in [2.24, 2.45) is 5.92 Å². The van der Waals surface area contributed by atoms with Gasteiger partial charge in [-0.25, -0.2) is 0 Å². The maximum absolute atomic E-state index is 12.5. The summed E-state index contributed by atoms with van der Waals surface area (Å²) in [5.41, 5.74) is 0.825. The maximum Gasteiger partial charge on any atom is 0.307 e. The van der Waals surface area contributed by atoms with Crippen molar-refractivity contribution < 1.29 is 23.8 Å². The van der Waals surface area contributed by atoms with Gasteiger partial charge in [0.25, 0.3) is 0 Å². The van der Waals surface area contributed by atoms with E-state index in [4.69, 9.17) is 14.2 Å². The first kappa shape index (κ1) is 21.5. The average molecular weight is 363 g/mol. The van der Waals surface area contributed by atoms with E-state index in [1.165, 1.54) is 6.08 Å². The standard InChI is InChI=1S/C20H29NO5/c1-6-26-20(23)11-12-21(14-15(2)3)19(22)10-8-16-7-9-17(24-4)18(13-16)25-5/h7-10,13,15H,6,11-12,14H2,1-5H3/b10-8+. The van der Waals surface area contributed by atoms with E-state index in [0.717, 1.165) is 5.56 Å². The number of hydrogen-bond donors (Lipinski definition) is 0.